The number of halogens is 1. The highest BCUT2D eigenvalue weighted by Crippen LogP contribution is 2.40. The second-order valence-corrected chi connectivity index (χ2v) is 5.90. The minimum absolute atomic E-state index is 0.0591. The van der Waals surface area contributed by atoms with Gasteiger partial charge < -0.3 is 5.73 Å². The van der Waals surface area contributed by atoms with Crippen molar-refractivity contribution in [2.24, 2.45) is 5.84 Å². The Morgan fingerprint density at radius 2 is 2.19 bits per heavy atom. The molecule has 110 valence electrons. The third kappa shape index (κ3) is 2.75. The lowest BCUT2D eigenvalue weighted by Gasteiger charge is -2.32. The lowest BCUT2D eigenvalue weighted by atomic mass is 9.79. The molecule has 0 bridgehead atoms. The van der Waals surface area contributed by atoms with Gasteiger partial charge in [-0.2, -0.15) is 0 Å². The number of rotatable bonds is 3. The van der Waals surface area contributed by atoms with E-state index >= 15 is 0 Å². The molecule has 5 heteroatoms. The second-order valence-electron chi connectivity index (χ2n) is 5.46. The van der Waals surface area contributed by atoms with E-state index in [9.17, 15) is 0 Å². The molecule has 2 atom stereocenters. The third-order valence-corrected chi connectivity index (χ3v) is 4.44. The minimum atomic E-state index is -0.0591. The van der Waals surface area contributed by atoms with E-state index in [0.717, 1.165) is 30.5 Å². The molecule has 0 saturated carbocycles. The van der Waals surface area contributed by atoms with Crippen LogP contribution in [0.4, 0.5) is 5.69 Å². The van der Waals surface area contributed by atoms with Gasteiger partial charge in [-0.25, -0.2) is 0 Å². The molecule has 0 spiro atoms. The molecule has 1 aliphatic carbocycles. The highest BCUT2D eigenvalue weighted by atomic mass is 35.5. The molecular weight excluding hydrogens is 284 g/mol. The van der Waals surface area contributed by atoms with Crippen LogP contribution in [-0.4, -0.2) is 4.98 Å². The van der Waals surface area contributed by atoms with Crippen molar-refractivity contribution in [3.63, 3.8) is 0 Å². The summed E-state index contributed by atoms with van der Waals surface area (Å²) < 4.78 is 0. The molecule has 0 radical (unpaired) electrons. The number of pyridine rings is 1. The highest BCUT2D eigenvalue weighted by Gasteiger charge is 2.30. The Labute approximate surface area is 129 Å². The van der Waals surface area contributed by atoms with Crippen LogP contribution in [0.5, 0.6) is 0 Å². The number of fused-ring (bicyclic) bond motifs is 1. The summed E-state index contributed by atoms with van der Waals surface area (Å²) in [5.41, 5.74) is 13.1. The predicted octanol–water partition coefficient (Wildman–Crippen LogP) is 2.94. The number of hydrazine groups is 1. The molecule has 1 aliphatic rings. The second kappa shape index (κ2) is 6.02. The summed E-state index contributed by atoms with van der Waals surface area (Å²) in [5.74, 6) is 6.06. The van der Waals surface area contributed by atoms with Crippen molar-refractivity contribution in [3.8, 4) is 0 Å². The molecule has 1 aromatic heterocycles. The monoisotopic (exact) mass is 302 g/mol. The van der Waals surface area contributed by atoms with Crippen LogP contribution in [0.25, 0.3) is 0 Å². The standard InChI is InChI=1S/C16H19ClN4/c17-11-6-7-12(14(18)9-11)16(21-19)13-5-1-3-10-4-2-8-20-15(10)13/h2,4,6-9,13,16,21H,1,3,5,18-19H2. The fourth-order valence-electron chi connectivity index (χ4n) is 3.22. The Morgan fingerprint density at radius 1 is 1.33 bits per heavy atom. The molecule has 0 fully saturated rings. The van der Waals surface area contributed by atoms with Gasteiger partial charge in [-0.05, 0) is 48.6 Å². The molecule has 2 unspecified atom stereocenters. The number of nitrogen functional groups attached to an aromatic ring is 1. The summed E-state index contributed by atoms with van der Waals surface area (Å²) in [7, 11) is 0. The van der Waals surface area contributed by atoms with Crippen LogP contribution >= 0.6 is 11.6 Å². The Kier molecular flexibility index (Phi) is 4.10. The van der Waals surface area contributed by atoms with E-state index in [0.29, 0.717) is 10.7 Å². The Hall–Kier alpha value is -1.62. The van der Waals surface area contributed by atoms with Gasteiger partial charge in [0.1, 0.15) is 0 Å². The minimum Gasteiger partial charge on any atom is -0.398 e. The van der Waals surface area contributed by atoms with Gasteiger partial charge in [0.25, 0.3) is 0 Å². The number of nitrogens with one attached hydrogen (secondary N) is 1. The van der Waals surface area contributed by atoms with Gasteiger partial charge in [0.15, 0.2) is 0 Å². The molecular formula is C16H19ClN4. The number of hydrogen-bond acceptors (Lipinski definition) is 4. The van der Waals surface area contributed by atoms with Gasteiger partial charge in [0.05, 0.1) is 6.04 Å². The maximum atomic E-state index is 6.12. The number of nitrogens with zero attached hydrogens (tertiary/aromatic N) is 1. The van der Waals surface area contributed by atoms with Gasteiger partial charge in [-0.15, -0.1) is 0 Å². The van der Waals surface area contributed by atoms with E-state index in [4.69, 9.17) is 23.2 Å². The average molecular weight is 303 g/mol. The van der Waals surface area contributed by atoms with E-state index in [1.165, 1.54) is 5.56 Å². The first-order chi connectivity index (χ1) is 10.2. The summed E-state index contributed by atoms with van der Waals surface area (Å²) >= 11 is 5.99. The number of hydrogen-bond donors (Lipinski definition) is 3. The Balaban J connectivity index is 2.01. The lowest BCUT2D eigenvalue weighted by Crippen LogP contribution is -2.35. The number of anilines is 1. The first-order valence-corrected chi connectivity index (χ1v) is 7.53. The highest BCUT2D eigenvalue weighted by molar-refractivity contribution is 6.30. The van der Waals surface area contributed by atoms with Crippen molar-refractivity contribution in [1.82, 2.24) is 10.4 Å². The van der Waals surface area contributed by atoms with Crippen molar-refractivity contribution < 1.29 is 0 Å². The van der Waals surface area contributed by atoms with Crippen molar-refractivity contribution in [2.45, 2.75) is 31.2 Å². The zero-order chi connectivity index (χ0) is 14.8. The van der Waals surface area contributed by atoms with Crippen LogP contribution in [-0.2, 0) is 6.42 Å². The predicted molar refractivity (Wildman–Crippen MR) is 85.8 cm³/mol. The molecule has 5 N–H and O–H groups in total. The topological polar surface area (TPSA) is 77.0 Å². The third-order valence-electron chi connectivity index (χ3n) is 4.20. The first kappa shape index (κ1) is 14.3. The summed E-state index contributed by atoms with van der Waals surface area (Å²) in [5, 5.41) is 0.634. The summed E-state index contributed by atoms with van der Waals surface area (Å²) in [6.07, 6.45) is 5.10. The van der Waals surface area contributed by atoms with Gasteiger partial charge in [0.2, 0.25) is 0 Å². The van der Waals surface area contributed by atoms with Crippen molar-refractivity contribution >= 4 is 17.3 Å². The summed E-state index contributed by atoms with van der Waals surface area (Å²) in [6.45, 7) is 0. The first-order valence-electron chi connectivity index (χ1n) is 7.15. The molecule has 0 amide bonds. The summed E-state index contributed by atoms with van der Waals surface area (Å²) in [6, 6.07) is 9.63. The molecule has 3 rings (SSSR count). The fraction of sp³-hybridized carbons (Fsp3) is 0.312. The normalized spacial score (nSPS) is 19.0. The maximum absolute atomic E-state index is 6.12. The van der Waals surface area contributed by atoms with E-state index in [2.05, 4.69) is 16.5 Å². The number of benzene rings is 1. The lowest BCUT2D eigenvalue weighted by molar-refractivity contribution is 0.401. The van der Waals surface area contributed by atoms with Crippen molar-refractivity contribution in [1.29, 1.82) is 0 Å². The molecule has 21 heavy (non-hydrogen) atoms. The number of nitrogens with two attached hydrogens (primary N) is 2. The fourth-order valence-corrected chi connectivity index (χ4v) is 3.40. The molecule has 0 saturated heterocycles. The molecule has 1 aromatic carbocycles. The van der Waals surface area contributed by atoms with Gasteiger partial charge in [-0.3, -0.25) is 16.3 Å². The van der Waals surface area contributed by atoms with E-state index < -0.39 is 0 Å². The zero-order valence-corrected chi connectivity index (χ0v) is 12.5. The Bertz CT molecular complexity index is 644. The number of aromatic nitrogens is 1. The van der Waals surface area contributed by atoms with Gasteiger partial charge in [-0.1, -0.05) is 23.7 Å². The quantitative estimate of drug-likeness (QED) is 0.463. The maximum Gasteiger partial charge on any atom is 0.0564 e. The molecule has 1 heterocycles. The van der Waals surface area contributed by atoms with Crippen LogP contribution in [0.1, 0.15) is 41.6 Å². The molecule has 2 aromatic rings. The van der Waals surface area contributed by atoms with Crippen molar-refractivity contribution in [2.75, 3.05) is 5.73 Å². The van der Waals surface area contributed by atoms with Crippen molar-refractivity contribution in [3.05, 3.63) is 58.4 Å². The average Bonchev–Trinajstić information content (AvgIpc) is 2.50. The molecule has 0 aliphatic heterocycles. The van der Waals surface area contributed by atoms with Crippen LogP contribution in [0.3, 0.4) is 0 Å². The van der Waals surface area contributed by atoms with Crippen LogP contribution < -0.4 is 17.0 Å². The Morgan fingerprint density at radius 3 is 2.95 bits per heavy atom. The van der Waals surface area contributed by atoms with E-state index in [1.54, 1.807) is 6.07 Å². The smallest absolute Gasteiger partial charge is 0.0564 e. The van der Waals surface area contributed by atoms with Crippen LogP contribution in [0, 0.1) is 0 Å². The zero-order valence-electron chi connectivity index (χ0n) is 11.7. The van der Waals surface area contributed by atoms with Crippen LogP contribution in [0.15, 0.2) is 36.5 Å². The SMILES string of the molecule is NNC(c1ccc(Cl)cc1N)C1CCCc2cccnc21. The van der Waals surface area contributed by atoms with Crippen LogP contribution in [0.2, 0.25) is 5.02 Å². The molecule has 4 nitrogen and oxygen atoms in total. The van der Waals surface area contributed by atoms with Gasteiger partial charge >= 0.3 is 0 Å². The van der Waals surface area contributed by atoms with Gasteiger partial charge in [0, 0.05) is 28.5 Å². The largest absolute Gasteiger partial charge is 0.398 e. The summed E-state index contributed by atoms with van der Waals surface area (Å²) in [4.78, 5) is 4.58. The van der Waals surface area contributed by atoms with E-state index in [-0.39, 0.29) is 12.0 Å². The number of aryl methyl sites for hydroxylation is 1. The van der Waals surface area contributed by atoms with E-state index in [1.807, 2.05) is 24.4 Å².